The molecule has 8 nitrogen and oxygen atoms in total. The number of hydrogen-bond acceptors (Lipinski definition) is 6. The van der Waals surface area contributed by atoms with E-state index in [1.807, 2.05) is 13.0 Å². The van der Waals surface area contributed by atoms with E-state index >= 15 is 0 Å². The highest BCUT2D eigenvalue weighted by atomic mass is 35.5. The molecule has 1 N–H and O–H groups in total. The first-order valence-corrected chi connectivity index (χ1v) is 8.87. The molecule has 1 aromatic carbocycles. The van der Waals surface area contributed by atoms with E-state index in [-0.39, 0.29) is 11.9 Å². The van der Waals surface area contributed by atoms with Gasteiger partial charge in [0.1, 0.15) is 5.69 Å². The summed E-state index contributed by atoms with van der Waals surface area (Å²) in [6, 6.07) is 5.26. The second-order valence-electron chi connectivity index (χ2n) is 6.47. The summed E-state index contributed by atoms with van der Waals surface area (Å²) in [5, 5.41) is 7.49. The molecular weight excluding hydrogens is 368 g/mol. The molecule has 138 valence electrons. The average molecular weight is 385 g/mol. The van der Waals surface area contributed by atoms with Crippen molar-refractivity contribution < 1.29 is 9.32 Å². The Morgan fingerprint density at radius 1 is 1.37 bits per heavy atom. The van der Waals surface area contributed by atoms with E-state index in [0.717, 1.165) is 11.3 Å². The maximum absolute atomic E-state index is 12.3. The highest BCUT2D eigenvalue weighted by Gasteiger charge is 2.32. The number of aryl methyl sites for hydroxylation is 1. The van der Waals surface area contributed by atoms with Crippen molar-refractivity contribution in [3.63, 3.8) is 0 Å². The van der Waals surface area contributed by atoms with E-state index in [9.17, 15) is 4.79 Å². The van der Waals surface area contributed by atoms with Crippen molar-refractivity contribution in [1.82, 2.24) is 25.0 Å². The van der Waals surface area contributed by atoms with Crippen LogP contribution in [0.5, 0.6) is 0 Å². The first-order chi connectivity index (χ1) is 13.1. The van der Waals surface area contributed by atoms with Crippen molar-refractivity contribution in [2.45, 2.75) is 13.3 Å². The number of hydrogen-bond donors (Lipinski definition) is 1. The highest BCUT2D eigenvalue weighted by Crippen LogP contribution is 2.24. The van der Waals surface area contributed by atoms with Crippen LogP contribution in [0.15, 0.2) is 41.3 Å². The number of carbonyl (C=O) groups excluding carboxylic acids is 1. The molecule has 9 heteroatoms. The van der Waals surface area contributed by atoms with Crippen LogP contribution in [-0.2, 0) is 6.42 Å². The molecule has 1 fully saturated rings. The van der Waals surface area contributed by atoms with Crippen LogP contribution in [0.4, 0.5) is 10.5 Å². The Morgan fingerprint density at radius 2 is 2.22 bits per heavy atom. The number of nitrogens with one attached hydrogen (secondary N) is 1. The first-order valence-electron chi connectivity index (χ1n) is 8.49. The van der Waals surface area contributed by atoms with E-state index in [2.05, 4.69) is 25.4 Å². The number of aromatic nitrogens is 4. The molecular formula is C18H17ClN6O2. The van der Waals surface area contributed by atoms with Gasteiger partial charge >= 0.3 is 6.03 Å². The molecule has 2 amide bonds. The highest BCUT2D eigenvalue weighted by molar-refractivity contribution is 6.30. The lowest BCUT2D eigenvalue weighted by Crippen LogP contribution is -2.52. The molecule has 0 radical (unpaired) electrons. The summed E-state index contributed by atoms with van der Waals surface area (Å²) in [7, 11) is 0. The predicted molar refractivity (Wildman–Crippen MR) is 99.3 cm³/mol. The number of nitrogens with zero attached hydrogens (tertiary/aromatic N) is 5. The molecule has 27 heavy (non-hydrogen) atoms. The van der Waals surface area contributed by atoms with Crippen LogP contribution in [0.25, 0.3) is 11.5 Å². The molecule has 0 atom stereocenters. The zero-order chi connectivity index (χ0) is 18.8. The summed E-state index contributed by atoms with van der Waals surface area (Å²) in [5.74, 6) is 1.25. The molecule has 4 rings (SSSR count). The van der Waals surface area contributed by atoms with E-state index in [4.69, 9.17) is 16.1 Å². The number of amides is 2. The van der Waals surface area contributed by atoms with Gasteiger partial charge < -0.3 is 14.7 Å². The van der Waals surface area contributed by atoms with Gasteiger partial charge in [0.25, 0.3) is 0 Å². The lowest BCUT2D eigenvalue weighted by molar-refractivity contribution is 0.125. The van der Waals surface area contributed by atoms with Gasteiger partial charge in [-0.1, -0.05) is 16.8 Å². The van der Waals surface area contributed by atoms with Gasteiger partial charge in [0, 0.05) is 48.5 Å². The van der Waals surface area contributed by atoms with E-state index < -0.39 is 0 Å². The molecule has 3 aromatic rings. The third-order valence-electron chi connectivity index (χ3n) is 4.40. The summed E-state index contributed by atoms with van der Waals surface area (Å²) >= 11 is 5.94. The zero-order valence-electron chi connectivity index (χ0n) is 14.6. The Balaban J connectivity index is 1.29. The van der Waals surface area contributed by atoms with Gasteiger partial charge in [-0.2, -0.15) is 4.98 Å². The number of benzene rings is 1. The molecule has 0 spiro atoms. The van der Waals surface area contributed by atoms with E-state index in [1.165, 1.54) is 0 Å². The van der Waals surface area contributed by atoms with Crippen LogP contribution in [0.1, 0.15) is 11.5 Å². The van der Waals surface area contributed by atoms with Gasteiger partial charge in [-0.3, -0.25) is 4.98 Å². The lowest BCUT2D eigenvalue weighted by atomic mass is 9.97. The van der Waals surface area contributed by atoms with Crippen molar-refractivity contribution in [3.05, 3.63) is 53.3 Å². The Hall–Kier alpha value is -3.00. The van der Waals surface area contributed by atoms with E-state index in [1.54, 1.807) is 35.6 Å². The maximum Gasteiger partial charge on any atom is 0.321 e. The monoisotopic (exact) mass is 384 g/mol. The molecule has 3 heterocycles. The van der Waals surface area contributed by atoms with Crippen molar-refractivity contribution >= 4 is 23.3 Å². The number of likely N-dealkylation sites (tertiary alicyclic amines) is 1. The van der Waals surface area contributed by atoms with Crippen molar-refractivity contribution in [2.24, 2.45) is 5.92 Å². The number of carbonyl (C=O) groups is 1. The zero-order valence-corrected chi connectivity index (χ0v) is 15.3. The minimum Gasteiger partial charge on any atom is -0.339 e. The molecule has 1 saturated heterocycles. The molecule has 1 aliphatic rings. The standard InChI is InChI=1S/C18H17ClN6O2/c1-11-6-13(19)2-3-14(11)22-18(26)25-9-12(10-25)7-16-23-17(24-27-16)15-8-20-4-5-21-15/h2-6,8,12H,7,9-10H2,1H3,(H,22,26). The van der Waals surface area contributed by atoms with Gasteiger partial charge in [-0.25, -0.2) is 9.78 Å². The van der Waals surface area contributed by atoms with Crippen molar-refractivity contribution in [2.75, 3.05) is 18.4 Å². The fourth-order valence-electron chi connectivity index (χ4n) is 2.93. The minimum absolute atomic E-state index is 0.123. The Bertz CT molecular complexity index is 955. The van der Waals surface area contributed by atoms with Gasteiger partial charge in [-0.15, -0.1) is 0 Å². The first kappa shape index (κ1) is 17.4. The molecule has 0 unspecified atom stereocenters. The number of anilines is 1. The summed E-state index contributed by atoms with van der Waals surface area (Å²) in [6.45, 7) is 3.19. The predicted octanol–water partition coefficient (Wildman–Crippen LogP) is 3.19. The number of rotatable bonds is 4. The van der Waals surface area contributed by atoms with Gasteiger partial charge in [0.15, 0.2) is 0 Å². The van der Waals surface area contributed by atoms with Gasteiger partial charge in [-0.05, 0) is 30.7 Å². The fourth-order valence-corrected chi connectivity index (χ4v) is 3.16. The number of halogens is 1. The summed E-state index contributed by atoms with van der Waals surface area (Å²) < 4.78 is 5.28. The van der Waals surface area contributed by atoms with E-state index in [0.29, 0.717) is 41.9 Å². The largest absolute Gasteiger partial charge is 0.339 e. The van der Waals surface area contributed by atoms with Crippen LogP contribution >= 0.6 is 11.6 Å². The molecule has 2 aromatic heterocycles. The quantitative estimate of drug-likeness (QED) is 0.741. The summed E-state index contributed by atoms with van der Waals surface area (Å²) in [5.41, 5.74) is 2.26. The molecule has 0 aliphatic carbocycles. The molecule has 0 bridgehead atoms. The van der Waals surface area contributed by atoms with Crippen LogP contribution in [0.2, 0.25) is 5.02 Å². The normalized spacial score (nSPS) is 14.1. The topological polar surface area (TPSA) is 97.0 Å². The molecule has 0 saturated carbocycles. The van der Waals surface area contributed by atoms with Crippen LogP contribution in [-0.4, -0.2) is 44.1 Å². The average Bonchev–Trinajstić information content (AvgIpc) is 3.09. The van der Waals surface area contributed by atoms with Crippen LogP contribution < -0.4 is 5.32 Å². The van der Waals surface area contributed by atoms with Gasteiger partial charge in [0.05, 0.1) is 6.20 Å². The third kappa shape index (κ3) is 3.90. The van der Waals surface area contributed by atoms with Crippen molar-refractivity contribution in [1.29, 1.82) is 0 Å². The minimum atomic E-state index is -0.123. The molecule has 1 aliphatic heterocycles. The SMILES string of the molecule is Cc1cc(Cl)ccc1NC(=O)N1CC(Cc2nc(-c3cnccn3)no2)C1. The Labute approximate surface area is 160 Å². The fraction of sp³-hybridized carbons (Fsp3) is 0.278. The third-order valence-corrected chi connectivity index (χ3v) is 4.63. The summed E-state index contributed by atoms with van der Waals surface area (Å²) in [6.07, 6.45) is 5.38. The van der Waals surface area contributed by atoms with Gasteiger partial charge in [0.2, 0.25) is 11.7 Å². The Morgan fingerprint density at radius 3 is 2.96 bits per heavy atom. The number of urea groups is 1. The summed E-state index contributed by atoms with van der Waals surface area (Å²) in [4.78, 5) is 26.6. The van der Waals surface area contributed by atoms with Crippen molar-refractivity contribution in [3.8, 4) is 11.5 Å². The lowest BCUT2D eigenvalue weighted by Gasteiger charge is -2.38. The second-order valence-corrected chi connectivity index (χ2v) is 6.90. The smallest absolute Gasteiger partial charge is 0.321 e. The Kier molecular flexibility index (Phi) is 4.72. The second kappa shape index (κ2) is 7.32. The van der Waals surface area contributed by atoms with Crippen LogP contribution in [0, 0.1) is 12.8 Å². The van der Waals surface area contributed by atoms with Crippen LogP contribution in [0.3, 0.4) is 0 Å². The maximum atomic E-state index is 12.3.